The molecule has 0 amide bonds. The molecule has 3 nitrogen and oxygen atoms in total. The normalized spacial score (nSPS) is 9.50. The van der Waals surface area contributed by atoms with Crippen molar-refractivity contribution in [2.75, 3.05) is 6.61 Å². The molecule has 0 radical (unpaired) electrons. The van der Waals surface area contributed by atoms with Gasteiger partial charge in [0, 0.05) is 16.7 Å². The number of carbonyl (C=O) groups excluding carboxylic acids is 2. The molecule has 0 saturated carbocycles. The summed E-state index contributed by atoms with van der Waals surface area (Å²) in [5.41, 5.74) is 2.03. The molecule has 0 bridgehead atoms. The average Bonchev–Trinajstić information content (AvgIpc) is 2.56. The van der Waals surface area contributed by atoms with E-state index in [0.717, 1.165) is 5.56 Å². The van der Waals surface area contributed by atoms with E-state index in [1.807, 2.05) is 18.2 Å². The Morgan fingerprint density at radius 3 is 2.23 bits per heavy atom. The van der Waals surface area contributed by atoms with Crippen molar-refractivity contribution in [1.29, 1.82) is 0 Å². The third-order valence-corrected chi connectivity index (χ3v) is 2.95. The van der Waals surface area contributed by atoms with E-state index in [0.29, 0.717) is 17.7 Å². The summed E-state index contributed by atoms with van der Waals surface area (Å²) >= 11 is 0. The van der Waals surface area contributed by atoms with Crippen molar-refractivity contribution in [2.45, 2.75) is 13.3 Å². The number of carbonyl (C=O) groups is 2. The van der Waals surface area contributed by atoms with E-state index in [9.17, 15) is 9.59 Å². The Hall–Kier alpha value is -2.86. The first-order chi connectivity index (χ1) is 10.7. The molecule has 0 aromatic heterocycles. The van der Waals surface area contributed by atoms with Gasteiger partial charge in [-0.25, -0.2) is 0 Å². The predicted octanol–water partition coefficient (Wildman–Crippen LogP) is 3.22. The van der Waals surface area contributed by atoms with E-state index in [-0.39, 0.29) is 18.2 Å². The highest BCUT2D eigenvalue weighted by Gasteiger charge is 2.07. The van der Waals surface area contributed by atoms with E-state index in [1.165, 1.54) is 0 Å². The summed E-state index contributed by atoms with van der Waals surface area (Å²) in [7, 11) is 0. The van der Waals surface area contributed by atoms with Crippen LogP contribution in [0.5, 0.6) is 0 Å². The van der Waals surface area contributed by atoms with E-state index in [4.69, 9.17) is 4.74 Å². The van der Waals surface area contributed by atoms with Gasteiger partial charge in [-0.2, -0.15) is 0 Å². The van der Waals surface area contributed by atoms with Gasteiger partial charge in [0.1, 0.15) is 6.42 Å². The molecule has 0 unspecified atom stereocenters. The molecule has 0 aliphatic rings. The lowest BCUT2D eigenvalue weighted by molar-refractivity contribution is -0.141. The van der Waals surface area contributed by atoms with Crippen LogP contribution in [0.3, 0.4) is 0 Å². The molecule has 110 valence electrons. The first kappa shape index (κ1) is 15.5. The minimum absolute atomic E-state index is 0.0216. The Kier molecular flexibility index (Phi) is 5.50. The Balaban J connectivity index is 2.03. The van der Waals surface area contributed by atoms with Crippen molar-refractivity contribution in [3.8, 4) is 11.8 Å². The van der Waals surface area contributed by atoms with Gasteiger partial charge in [0.05, 0.1) is 6.61 Å². The third-order valence-electron chi connectivity index (χ3n) is 2.95. The molecular weight excluding hydrogens is 276 g/mol. The van der Waals surface area contributed by atoms with E-state index >= 15 is 0 Å². The third kappa shape index (κ3) is 4.32. The zero-order chi connectivity index (χ0) is 15.8. The van der Waals surface area contributed by atoms with Gasteiger partial charge in [0.2, 0.25) is 0 Å². The van der Waals surface area contributed by atoms with Crippen LogP contribution in [0.15, 0.2) is 54.6 Å². The maximum absolute atomic E-state index is 12.2. The van der Waals surface area contributed by atoms with Crippen LogP contribution in [0.25, 0.3) is 0 Å². The maximum Gasteiger partial charge on any atom is 0.317 e. The highest BCUT2D eigenvalue weighted by molar-refractivity contribution is 6.08. The predicted molar refractivity (Wildman–Crippen MR) is 84.4 cm³/mol. The van der Waals surface area contributed by atoms with E-state index in [1.54, 1.807) is 43.3 Å². The summed E-state index contributed by atoms with van der Waals surface area (Å²) < 4.78 is 4.79. The van der Waals surface area contributed by atoms with Gasteiger partial charge in [0.25, 0.3) is 0 Å². The Morgan fingerprint density at radius 2 is 1.59 bits per heavy atom. The molecular formula is C19H16O3. The number of hydrogen-bond acceptors (Lipinski definition) is 3. The van der Waals surface area contributed by atoms with Crippen molar-refractivity contribution in [2.24, 2.45) is 0 Å². The summed E-state index contributed by atoms with van der Waals surface area (Å²) in [4.78, 5) is 23.4. The zero-order valence-corrected chi connectivity index (χ0v) is 12.3. The van der Waals surface area contributed by atoms with Crippen LogP contribution in [-0.2, 0) is 9.53 Å². The van der Waals surface area contributed by atoms with Crippen LogP contribution >= 0.6 is 0 Å². The highest BCUT2D eigenvalue weighted by atomic mass is 16.5. The molecule has 3 heteroatoms. The van der Waals surface area contributed by atoms with E-state index < -0.39 is 0 Å². The molecule has 2 aromatic carbocycles. The first-order valence-electron chi connectivity index (χ1n) is 7.05. The number of rotatable bonds is 4. The van der Waals surface area contributed by atoms with Crippen molar-refractivity contribution in [3.63, 3.8) is 0 Å². The molecule has 0 heterocycles. The van der Waals surface area contributed by atoms with Gasteiger partial charge >= 0.3 is 5.97 Å². The average molecular weight is 292 g/mol. The van der Waals surface area contributed by atoms with Gasteiger partial charge in [0.15, 0.2) is 5.78 Å². The largest absolute Gasteiger partial charge is 0.465 e. The SMILES string of the molecule is CCOC(=O)CC#Cc1ccc(C(=O)c2ccccc2)cc1. The summed E-state index contributed by atoms with van der Waals surface area (Å²) in [6.45, 7) is 2.12. The molecule has 2 aromatic rings. The molecule has 0 atom stereocenters. The molecule has 22 heavy (non-hydrogen) atoms. The number of ketones is 1. The van der Waals surface area contributed by atoms with Crippen molar-refractivity contribution in [1.82, 2.24) is 0 Å². The molecule has 0 spiro atoms. The zero-order valence-electron chi connectivity index (χ0n) is 12.3. The quantitative estimate of drug-likeness (QED) is 0.493. The lowest BCUT2D eigenvalue weighted by Gasteiger charge is -2.01. The van der Waals surface area contributed by atoms with Crippen molar-refractivity contribution >= 4 is 11.8 Å². The Morgan fingerprint density at radius 1 is 0.955 bits per heavy atom. The Bertz CT molecular complexity index is 704. The molecule has 0 N–H and O–H groups in total. The lowest BCUT2D eigenvalue weighted by atomic mass is 10.0. The van der Waals surface area contributed by atoms with Crippen molar-refractivity contribution < 1.29 is 14.3 Å². The summed E-state index contributed by atoms with van der Waals surface area (Å²) in [5.74, 6) is 5.29. The number of esters is 1. The molecule has 0 fully saturated rings. The van der Waals surface area contributed by atoms with Crippen LogP contribution in [-0.4, -0.2) is 18.4 Å². The smallest absolute Gasteiger partial charge is 0.317 e. The number of benzene rings is 2. The monoisotopic (exact) mass is 292 g/mol. The van der Waals surface area contributed by atoms with Crippen LogP contribution in [0.1, 0.15) is 34.8 Å². The lowest BCUT2D eigenvalue weighted by Crippen LogP contribution is -2.01. The van der Waals surface area contributed by atoms with Crippen LogP contribution < -0.4 is 0 Å². The van der Waals surface area contributed by atoms with Gasteiger partial charge in [-0.3, -0.25) is 9.59 Å². The van der Waals surface area contributed by atoms with Gasteiger partial charge in [-0.15, -0.1) is 0 Å². The topological polar surface area (TPSA) is 43.4 Å². The Labute approximate surface area is 129 Å². The highest BCUT2D eigenvalue weighted by Crippen LogP contribution is 2.10. The second kappa shape index (κ2) is 7.80. The standard InChI is InChI=1S/C19H16O3/c1-2-22-18(20)10-6-7-15-11-13-17(14-12-15)19(21)16-8-4-3-5-9-16/h3-5,8-9,11-14H,2,10H2,1H3. The van der Waals surface area contributed by atoms with Crippen LogP contribution in [0.2, 0.25) is 0 Å². The summed E-state index contributed by atoms with van der Waals surface area (Å²) in [6.07, 6.45) is 0.0680. The second-order valence-corrected chi connectivity index (χ2v) is 4.56. The number of hydrogen-bond donors (Lipinski definition) is 0. The van der Waals surface area contributed by atoms with E-state index in [2.05, 4.69) is 11.8 Å². The first-order valence-corrected chi connectivity index (χ1v) is 7.05. The molecule has 0 aliphatic carbocycles. The number of ether oxygens (including phenoxy) is 1. The molecule has 0 saturated heterocycles. The fourth-order valence-electron chi connectivity index (χ4n) is 1.89. The molecule has 0 aliphatic heterocycles. The minimum Gasteiger partial charge on any atom is -0.465 e. The fraction of sp³-hybridized carbons (Fsp3) is 0.158. The maximum atomic E-state index is 12.2. The van der Waals surface area contributed by atoms with Crippen LogP contribution in [0.4, 0.5) is 0 Å². The van der Waals surface area contributed by atoms with Gasteiger partial charge in [-0.1, -0.05) is 42.2 Å². The minimum atomic E-state index is -0.328. The van der Waals surface area contributed by atoms with Crippen LogP contribution in [0, 0.1) is 11.8 Å². The van der Waals surface area contributed by atoms with Gasteiger partial charge < -0.3 is 4.74 Å². The molecule has 2 rings (SSSR count). The second-order valence-electron chi connectivity index (χ2n) is 4.56. The fourth-order valence-corrected chi connectivity index (χ4v) is 1.89. The van der Waals surface area contributed by atoms with Crippen molar-refractivity contribution in [3.05, 3.63) is 71.3 Å². The van der Waals surface area contributed by atoms with Gasteiger partial charge in [-0.05, 0) is 31.2 Å². The summed E-state index contributed by atoms with van der Waals surface area (Å²) in [5, 5.41) is 0. The summed E-state index contributed by atoms with van der Waals surface area (Å²) in [6, 6.07) is 16.1.